The lowest BCUT2D eigenvalue weighted by Gasteiger charge is -2.51. The summed E-state index contributed by atoms with van der Waals surface area (Å²) in [4.78, 5) is 13.8. The number of carbonyl (C=O) groups is 1. The van der Waals surface area contributed by atoms with Crippen molar-refractivity contribution in [2.24, 2.45) is 5.73 Å². The number of nitrogens with one attached hydrogen (secondary N) is 1. The molecule has 11 nitrogen and oxygen atoms in total. The summed E-state index contributed by atoms with van der Waals surface area (Å²) in [5.41, 5.74) is 4.47. The zero-order valence-electron chi connectivity index (χ0n) is 17.2. The normalized spacial score (nSPS) is 37.5. The minimum absolute atomic E-state index is 0.559. The zero-order valence-corrected chi connectivity index (χ0v) is 17.2. The molecule has 0 aromatic rings. The van der Waals surface area contributed by atoms with E-state index in [1.165, 1.54) is 0 Å². The fourth-order valence-electron chi connectivity index (χ4n) is 3.32. The number of hydrogen-bond donors (Lipinski definition) is 5. The lowest BCUT2D eigenvalue weighted by atomic mass is 10.0. The number of rotatable bonds is 4. The highest BCUT2D eigenvalue weighted by molar-refractivity contribution is 5.76. The predicted octanol–water partition coefficient (Wildman–Crippen LogP) is -1.31. The third-order valence-corrected chi connectivity index (χ3v) is 4.64. The number of nitrogens with two attached hydrogens (primary N) is 1. The van der Waals surface area contributed by atoms with Crippen LogP contribution in [0.3, 0.4) is 0 Å². The van der Waals surface area contributed by atoms with E-state index in [4.69, 9.17) is 15.2 Å². The van der Waals surface area contributed by atoms with Gasteiger partial charge in [0.25, 0.3) is 0 Å². The first-order valence-corrected chi connectivity index (χ1v) is 9.30. The van der Waals surface area contributed by atoms with E-state index < -0.39 is 66.8 Å². The number of aliphatic hydroxyl groups excluding tert-OH is 3. The summed E-state index contributed by atoms with van der Waals surface area (Å²) in [6.07, 6.45) is -8.60. The summed E-state index contributed by atoms with van der Waals surface area (Å²) in [7, 11) is 0. The van der Waals surface area contributed by atoms with E-state index in [9.17, 15) is 25.3 Å². The Hall–Kier alpha value is -1.05. The van der Waals surface area contributed by atoms with Gasteiger partial charge in [-0.25, -0.2) is 4.79 Å². The molecule has 4 unspecified atom stereocenters. The lowest BCUT2D eigenvalue weighted by Crippen LogP contribution is -2.76. The third kappa shape index (κ3) is 4.57. The molecule has 0 spiro atoms. The van der Waals surface area contributed by atoms with Crippen LogP contribution in [0.5, 0.6) is 0 Å². The first-order chi connectivity index (χ1) is 12.7. The van der Waals surface area contributed by atoms with Gasteiger partial charge in [-0.15, -0.1) is 10.3 Å². The fraction of sp³-hybridized carbons (Fsp3) is 0.941. The lowest BCUT2D eigenvalue weighted by molar-refractivity contribution is -0.313. The van der Waals surface area contributed by atoms with Gasteiger partial charge in [-0.05, 0) is 41.5 Å². The minimum Gasteiger partial charge on any atom is -0.394 e. The molecule has 2 aliphatic rings. The van der Waals surface area contributed by atoms with E-state index in [0.717, 1.165) is 4.90 Å². The maximum Gasteiger partial charge on any atom is 0.322 e. The van der Waals surface area contributed by atoms with E-state index in [-0.39, 0.29) is 0 Å². The van der Waals surface area contributed by atoms with Crippen molar-refractivity contribution in [3.05, 3.63) is 0 Å². The van der Waals surface area contributed by atoms with Crippen LogP contribution < -0.4 is 11.1 Å². The highest BCUT2D eigenvalue weighted by Crippen LogP contribution is 2.33. The molecule has 0 aromatic heterocycles. The van der Waals surface area contributed by atoms with Crippen LogP contribution in [-0.2, 0) is 14.7 Å². The maximum absolute atomic E-state index is 13.2. The van der Waals surface area contributed by atoms with Gasteiger partial charge in [0.2, 0.25) is 0 Å². The summed E-state index contributed by atoms with van der Waals surface area (Å²) in [6.45, 7) is 9.81. The summed E-state index contributed by atoms with van der Waals surface area (Å²) in [5, 5.41) is 46.3. The van der Waals surface area contributed by atoms with Crippen molar-refractivity contribution in [3.63, 3.8) is 0 Å². The number of aliphatic hydroxyl groups is 3. The van der Waals surface area contributed by atoms with Gasteiger partial charge in [0.1, 0.15) is 36.7 Å². The summed E-state index contributed by atoms with van der Waals surface area (Å²) in [6, 6.07) is -0.744. The second-order valence-electron chi connectivity index (χ2n) is 9.22. The van der Waals surface area contributed by atoms with Gasteiger partial charge >= 0.3 is 6.03 Å². The highest BCUT2D eigenvalue weighted by atomic mass is 16.6. The van der Waals surface area contributed by atoms with Gasteiger partial charge < -0.3 is 35.8 Å². The first-order valence-electron chi connectivity index (χ1n) is 9.30. The second kappa shape index (κ2) is 8.00. The smallest absolute Gasteiger partial charge is 0.322 e. The Balaban J connectivity index is 2.48. The van der Waals surface area contributed by atoms with Crippen LogP contribution in [0.4, 0.5) is 4.79 Å². The minimum atomic E-state index is -1.52. The Morgan fingerprint density at radius 2 is 1.79 bits per heavy atom. The Morgan fingerprint density at radius 3 is 2.21 bits per heavy atom. The number of carbonyl (C=O) groups excluding carboxylic acids is 1. The van der Waals surface area contributed by atoms with E-state index in [0.29, 0.717) is 5.06 Å². The van der Waals surface area contributed by atoms with E-state index >= 15 is 0 Å². The van der Waals surface area contributed by atoms with E-state index in [1.807, 2.05) is 0 Å². The molecule has 0 saturated carbocycles. The molecule has 7 atom stereocenters. The van der Waals surface area contributed by atoms with Gasteiger partial charge in [0.05, 0.1) is 12.2 Å². The largest absolute Gasteiger partial charge is 0.394 e. The van der Waals surface area contributed by atoms with Crippen molar-refractivity contribution < 1.29 is 34.8 Å². The van der Waals surface area contributed by atoms with Crippen molar-refractivity contribution in [1.29, 1.82) is 0 Å². The fourth-order valence-corrected chi connectivity index (χ4v) is 3.32. The molecular weight excluding hydrogens is 372 g/mol. The zero-order chi connectivity index (χ0) is 21.6. The third-order valence-electron chi connectivity index (χ3n) is 4.64. The molecule has 28 heavy (non-hydrogen) atoms. The molecule has 2 aliphatic heterocycles. The average molecular weight is 405 g/mol. The van der Waals surface area contributed by atoms with Crippen molar-refractivity contribution in [2.75, 3.05) is 6.61 Å². The number of hydroxylamine groups is 2. The van der Waals surface area contributed by atoms with Crippen LogP contribution in [0, 0.1) is 0 Å². The predicted molar refractivity (Wildman–Crippen MR) is 96.8 cm³/mol. The Labute approximate surface area is 164 Å². The highest BCUT2D eigenvalue weighted by Gasteiger charge is 2.56. The number of ether oxygens (including phenoxy) is 2. The standard InChI is InChI=1S/C17H33N4O7/c1-16(2,3)21(26)13-11(28-17(4,5)6)12(18)19-15(25)20(13)14-10(24)9(23)8(7-22)27-14/h8-14,22-24H,7,18H2,1-6H3,(H,19,25)/t8-,9-,10-,11?,12?,13?,14?/m1/s1. The molecule has 2 saturated heterocycles. The monoisotopic (exact) mass is 405 g/mol. The number of urea groups is 1. The molecule has 2 fully saturated rings. The Bertz CT molecular complexity index is 565. The van der Waals surface area contributed by atoms with Crippen LogP contribution in [0.25, 0.3) is 0 Å². The van der Waals surface area contributed by atoms with Gasteiger partial charge in [-0.1, -0.05) is 0 Å². The maximum atomic E-state index is 13.2. The molecule has 2 heterocycles. The summed E-state index contributed by atoms with van der Waals surface area (Å²) in [5.74, 6) is 0. The summed E-state index contributed by atoms with van der Waals surface area (Å²) < 4.78 is 11.5. The molecule has 0 bridgehead atoms. The molecule has 0 aliphatic carbocycles. The molecule has 2 rings (SSSR count). The summed E-state index contributed by atoms with van der Waals surface area (Å²) >= 11 is 0. The van der Waals surface area contributed by atoms with Crippen LogP contribution in [0.1, 0.15) is 41.5 Å². The molecule has 163 valence electrons. The van der Waals surface area contributed by atoms with Crippen molar-refractivity contribution in [1.82, 2.24) is 15.3 Å². The van der Waals surface area contributed by atoms with E-state index in [1.54, 1.807) is 41.5 Å². The van der Waals surface area contributed by atoms with Crippen molar-refractivity contribution in [3.8, 4) is 0 Å². The number of amides is 2. The molecule has 11 heteroatoms. The average Bonchev–Trinajstić information content (AvgIpc) is 2.82. The topological polar surface area (TPSA) is 161 Å². The van der Waals surface area contributed by atoms with Crippen LogP contribution in [-0.4, -0.2) is 92.0 Å². The molecule has 0 aromatic carbocycles. The van der Waals surface area contributed by atoms with Crippen LogP contribution in [0.2, 0.25) is 0 Å². The molecule has 6 N–H and O–H groups in total. The first kappa shape index (κ1) is 23.2. The Kier molecular flexibility index (Phi) is 6.63. The second-order valence-corrected chi connectivity index (χ2v) is 9.22. The SMILES string of the molecule is CC(C)(C)OC1C(N)NC(=O)N(C2O[C@H](CO)[C@@H](O)[C@H]2O)C1N([O])C(C)(C)C. The molecule has 2 amide bonds. The van der Waals surface area contributed by atoms with Crippen LogP contribution >= 0.6 is 0 Å². The van der Waals surface area contributed by atoms with Gasteiger partial charge in [-0.2, -0.15) is 0 Å². The van der Waals surface area contributed by atoms with Gasteiger partial charge in [-0.3, -0.25) is 4.90 Å². The van der Waals surface area contributed by atoms with Crippen LogP contribution in [0.15, 0.2) is 0 Å². The van der Waals surface area contributed by atoms with Crippen molar-refractivity contribution in [2.45, 2.75) is 95.7 Å². The van der Waals surface area contributed by atoms with Gasteiger partial charge in [0.15, 0.2) is 6.23 Å². The quantitative estimate of drug-likeness (QED) is 0.360. The molecule has 1 radical (unpaired) electrons. The number of nitrogens with zero attached hydrogens (tertiary/aromatic N) is 2. The molecular formula is C17H33N4O7. The number of hydrogen-bond acceptors (Lipinski definition) is 8. The van der Waals surface area contributed by atoms with Gasteiger partial charge in [0, 0.05) is 5.54 Å². The van der Waals surface area contributed by atoms with E-state index in [2.05, 4.69) is 5.32 Å². The Morgan fingerprint density at radius 1 is 1.21 bits per heavy atom. The van der Waals surface area contributed by atoms with Crippen molar-refractivity contribution >= 4 is 6.03 Å².